The van der Waals surface area contributed by atoms with E-state index < -0.39 is 0 Å². The second-order valence-corrected chi connectivity index (χ2v) is 4.02. The van der Waals surface area contributed by atoms with E-state index in [1.165, 1.54) is 5.56 Å². The molecule has 0 aliphatic rings. The molecule has 1 rings (SSSR count). The average molecular weight is 248 g/mol. The lowest BCUT2D eigenvalue weighted by Gasteiger charge is -2.23. The summed E-state index contributed by atoms with van der Waals surface area (Å²) in [5.41, 5.74) is 7.90. The first kappa shape index (κ1) is 15.4. The van der Waals surface area contributed by atoms with Gasteiger partial charge in [-0.25, -0.2) is 0 Å². The van der Waals surface area contributed by atoms with Crippen LogP contribution in [-0.4, -0.2) is 29.7 Å². The van der Waals surface area contributed by atoms with Crippen LogP contribution in [0.5, 0.6) is 0 Å². The molecule has 2 N–H and O–H groups in total. The van der Waals surface area contributed by atoms with Crippen LogP contribution >= 0.6 is 12.4 Å². The van der Waals surface area contributed by atoms with E-state index in [0.29, 0.717) is 12.6 Å². The quantitative estimate of drug-likeness (QED) is 0.861. The molecule has 0 aromatic carbocycles. The van der Waals surface area contributed by atoms with Gasteiger partial charge in [0.15, 0.2) is 0 Å². The van der Waals surface area contributed by atoms with Crippen molar-refractivity contribution in [3.05, 3.63) is 17.0 Å². The third-order valence-corrected chi connectivity index (χ3v) is 2.90. The summed E-state index contributed by atoms with van der Waals surface area (Å²) < 4.78 is 5.19. The van der Waals surface area contributed by atoms with E-state index >= 15 is 0 Å². The highest BCUT2D eigenvalue weighted by Crippen LogP contribution is 2.16. The second-order valence-electron chi connectivity index (χ2n) is 4.02. The van der Waals surface area contributed by atoms with Crippen molar-refractivity contribution in [2.24, 2.45) is 5.73 Å². The molecule has 4 nitrogen and oxygen atoms in total. The van der Waals surface area contributed by atoms with Gasteiger partial charge in [0.1, 0.15) is 5.76 Å². The Hall–Kier alpha value is -0.580. The molecule has 1 heterocycles. The van der Waals surface area contributed by atoms with Crippen molar-refractivity contribution in [2.45, 2.75) is 39.8 Å². The number of aryl methyl sites for hydroxylation is 2. The lowest BCUT2D eigenvalue weighted by Crippen LogP contribution is -2.35. The lowest BCUT2D eigenvalue weighted by atomic mass is 10.1. The Morgan fingerprint density at radius 2 is 2.12 bits per heavy atom. The van der Waals surface area contributed by atoms with Crippen LogP contribution in [-0.2, 0) is 13.0 Å². The Morgan fingerprint density at radius 3 is 2.62 bits per heavy atom. The van der Waals surface area contributed by atoms with Crippen LogP contribution in [0, 0.1) is 6.92 Å². The van der Waals surface area contributed by atoms with Gasteiger partial charge in [-0.3, -0.25) is 4.90 Å². The fourth-order valence-electron chi connectivity index (χ4n) is 1.50. The molecule has 1 atom stereocenters. The second kappa shape index (κ2) is 6.89. The maximum absolute atomic E-state index is 5.63. The Bertz CT molecular complexity index is 314. The van der Waals surface area contributed by atoms with Crippen molar-refractivity contribution < 1.29 is 4.52 Å². The number of halogens is 1. The predicted molar refractivity (Wildman–Crippen MR) is 67.8 cm³/mol. The summed E-state index contributed by atoms with van der Waals surface area (Å²) in [5.74, 6) is 0.919. The topological polar surface area (TPSA) is 55.3 Å². The fraction of sp³-hybridized carbons (Fsp3) is 0.727. The number of hydrogen-bond donors (Lipinski definition) is 1. The van der Waals surface area contributed by atoms with E-state index in [2.05, 4.69) is 31.0 Å². The number of likely N-dealkylation sites (N-methyl/N-ethyl adjacent to an activating group) is 1. The molecule has 0 fully saturated rings. The molecule has 1 aromatic heterocycles. The molecule has 1 aromatic rings. The number of rotatable bonds is 5. The highest BCUT2D eigenvalue weighted by Gasteiger charge is 2.15. The Labute approximate surface area is 104 Å². The molecule has 5 heteroatoms. The van der Waals surface area contributed by atoms with E-state index in [-0.39, 0.29) is 12.4 Å². The Balaban J connectivity index is 0.00000225. The number of aromatic nitrogens is 1. The van der Waals surface area contributed by atoms with E-state index in [1.807, 2.05) is 6.92 Å². The van der Waals surface area contributed by atoms with Crippen LogP contribution in [0.2, 0.25) is 0 Å². The van der Waals surface area contributed by atoms with Crippen LogP contribution < -0.4 is 5.73 Å². The first-order chi connectivity index (χ1) is 7.10. The van der Waals surface area contributed by atoms with Gasteiger partial charge >= 0.3 is 0 Å². The average Bonchev–Trinajstić information content (AvgIpc) is 2.59. The molecule has 0 aliphatic carbocycles. The SMILES string of the molecule is CCc1noc(C)c1CN(C)C(C)CN.Cl. The molecule has 0 spiro atoms. The van der Waals surface area contributed by atoms with E-state index in [0.717, 1.165) is 24.4 Å². The summed E-state index contributed by atoms with van der Waals surface area (Å²) in [6, 6.07) is 0.379. The van der Waals surface area contributed by atoms with Crippen molar-refractivity contribution in [1.82, 2.24) is 10.1 Å². The van der Waals surface area contributed by atoms with Gasteiger partial charge in [-0.2, -0.15) is 0 Å². The van der Waals surface area contributed by atoms with Gasteiger partial charge in [0.2, 0.25) is 0 Å². The highest BCUT2D eigenvalue weighted by molar-refractivity contribution is 5.85. The molecule has 1 unspecified atom stereocenters. The molecule has 0 saturated heterocycles. The van der Waals surface area contributed by atoms with Crippen molar-refractivity contribution in [3.63, 3.8) is 0 Å². The summed E-state index contributed by atoms with van der Waals surface area (Å²) >= 11 is 0. The lowest BCUT2D eigenvalue weighted by molar-refractivity contribution is 0.252. The third kappa shape index (κ3) is 3.47. The molecule has 0 radical (unpaired) electrons. The summed E-state index contributed by atoms with van der Waals surface area (Å²) in [5, 5.41) is 4.04. The van der Waals surface area contributed by atoms with Crippen molar-refractivity contribution in [1.29, 1.82) is 0 Å². The zero-order valence-electron chi connectivity index (χ0n) is 10.5. The largest absolute Gasteiger partial charge is 0.361 e. The molecule has 94 valence electrons. The van der Waals surface area contributed by atoms with Crippen LogP contribution in [0.4, 0.5) is 0 Å². The van der Waals surface area contributed by atoms with Crippen LogP contribution in [0.3, 0.4) is 0 Å². The zero-order chi connectivity index (χ0) is 11.4. The predicted octanol–water partition coefficient (Wildman–Crippen LogP) is 1.75. The minimum Gasteiger partial charge on any atom is -0.361 e. The molecular weight excluding hydrogens is 226 g/mol. The van der Waals surface area contributed by atoms with Crippen LogP contribution in [0.1, 0.15) is 30.9 Å². The molecule has 0 aliphatic heterocycles. The van der Waals surface area contributed by atoms with Gasteiger partial charge in [0, 0.05) is 24.7 Å². The van der Waals surface area contributed by atoms with E-state index in [1.54, 1.807) is 0 Å². The normalized spacial score (nSPS) is 12.6. The molecule has 16 heavy (non-hydrogen) atoms. The molecule has 0 bridgehead atoms. The summed E-state index contributed by atoms with van der Waals surface area (Å²) in [4.78, 5) is 2.22. The first-order valence-electron chi connectivity index (χ1n) is 5.44. The smallest absolute Gasteiger partial charge is 0.138 e. The van der Waals surface area contributed by atoms with Gasteiger partial charge in [0.05, 0.1) is 5.69 Å². The third-order valence-electron chi connectivity index (χ3n) is 2.90. The highest BCUT2D eigenvalue weighted by atomic mass is 35.5. The van der Waals surface area contributed by atoms with Gasteiger partial charge in [0.25, 0.3) is 0 Å². The number of nitrogens with two attached hydrogens (primary N) is 1. The van der Waals surface area contributed by atoms with Crippen molar-refractivity contribution >= 4 is 12.4 Å². The monoisotopic (exact) mass is 247 g/mol. The Kier molecular flexibility index (Phi) is 6.64. The minimum absolute atomic E-state index is 0. The Morgan fingerprint density at radius 1 is 1.50 bits per heavy atom. The van der Waals surface area contributed by atoms with Gasteiger partial charge in [-0.1, -0.05) is 12.1 Å². The van der Waals surface area contributed by atoms with Gasteiger partial charge in [-0.15, -0.1) is 12.4 Å². The van der Waals surface area contributed by atoms with Crippen molar-refractivity contribution in [2.75, 3.05) is 13.6 Å². The minimum atomic E-state index is 0. The van der Waals surface area contributed by atoms with Gasteiger partial charge < -0.3 is 10.3 Å². The maximum atomic E-state index is 5.63. The fourth-order valence-corrected chi connectivity index (χ4v) is 1.50. The van der Waals surface area contributed by atoms with Crippen LogP contribution in [0.25, 0.3) is 0 Å². The molecule has 0 saturated carbocycles. The molecular formula is C11H22ClN3O. The summed E-state index contributed by atoms with van der Waals surface area (Å²) in [6.45, 7) is 7.70. The standard InChI is InChI=1S/C11H21N3O.ClH/c1-5-11-10(9(3)15-13-11)7-14(4)8(2)6-12;/h8H,5-7,12H2,1-4H3;1H. The van der Waals surface area contributed by atoms with Crippen LogP contribution in [0.15, 0.2) is 4.52 Å². The van der Waals surface area contributed by atoms with E-state index in [4.69, 9.17) is 10.3 Å². The first-order valence-corrected chi connectivity index (χ1v) is 5.44. The number of hydrogen-bond acceptors (Lipinski definition) is 4. The van der Waals surface area contributed by atoms with Crippen molar-refractivity contribution in [3.8, 4) is 0 Å². The van der Waals surface area contributed by atoms with Gasteiger partial charge in [-0.05, 0) is 27.3 Å². The number of nitrogens with zero attached hydrogens (tertiary/aromatic N) is 2. The zero-order valence-corrected chi connectivity index (χ0v) is 11.3. The maximum Gasteiger partial charge on any atom is 0.138 e. The molecule has 0 amide bonds. The summed E-state index contributed by atoms with van der Waals surface area (Å²) in [6.07, 6.45) is 0.914. The van der Waals surface area contributed by atoms with E-state index in [9.17, 15) is 0 Å². The summed E-state index contributed by atoms with van der Waals surface area (Å²) in [7, 11) is 2.07.